The summed E-state index contributed by atoms with van der Waals surface area (Å²) in [7, 11) is -4.11. The van der Waals surface area contributed by atoms with Crippen molar-refractivity contribution >= 4 is 21.9 Å². The number of nitrogens with two attached hydrogens (primary N) is 1. The lowest BCUT2D eigenvalue weighted by molar-refractivity contribution is -0.123. The second-order valence-corrected chi connectivity index (χ2v) is 5.68. The van der Waals surface area contributed by atoms with Gasteiger partial charge >= 0.3 is 5.97 Å². The molecule has 0 spiro atoms. The first kappa shape index (κ1) is 16.1. The molecule has 1 aromatic rings. The molecule has 1 amide bonds. The van der Waals surface area contributed by atoms with Crippen molar-refractivity contribution in [3.8, 4) is 0 Å². The first-order valence-corrected chi connectivity index (χ1v) is 6.90. The summed E-state index contributed by atoms with van der Waals surface area (Å²) >= 11 is 0. The molecule has 0 aliphatic heterocycles. The van der Waals surface area contributed by atoms with E-state index in [2.05, 4.69) is 4.84 Å². The van der Waals surface area contributed by atoms with Gasteiger partial charge in [0.15, 0.2) is 0 Å². The number of carbonyl (C=O) groups is 2. The lowest BCUT2D eigenvalue weighted by Gasteiger charge is -2.11. The summed E-state index contributed by atoms with van der Waals surface area (Å²) in [5.41, 5.74) is 5.52. The van der Waals surface area contributed by atoms with Crippen molar-refractivity contribution in [1.82, 2.24) is 4.89 Å². The second-order valence-electron chi connectivity index (χ2n) is 4.06. The molecule has 1 rings (SSSR count). The van der Waals surface area contributed by atoms with Gasteiger partial charge in [0.25, 0.3) is 10.0 Å². The lowest BCUT2D eigenvalue weighted by atomic mass is 10.1. The number of carboxylic acid groups (broad SMARTS) is 1. The Bertz CT molecular complexity index is 653. The zero-order valence-corrected chi connectivity index (χ0v) is 11.7. The summed E-state index contributed by atoms with van der Waals surface area (Å²) in [6.45, 7) is 2.49. The second kappa shape index (κ2) is 5.99. The molecule has 0 aliphatic rings. The molecule has 0 fully saturated rings. The quantitative estimate of drug-likeness (QED) is 0.617. The van der Waals surface area contributed by atoms with Gasteiger partial charge in [-0.05, 0) is 37.1 Å². The summed E-state index contributed by atoms with van der Waals surface area (Å²) < 4.78 is 24.0. The van der Waals surface area contributed by atoms with Crippen molar-refractivity contribution in [3.63, 3.8) is 0 Å². The number of hydrogen-bond donors (Lipinski definition) is 3. The highest BCUT2D eigenvalue weighted by atomic mass is 32.2. The van der Waals surface area contributed by atoms with Crippen LogP contribution in [-0.4, -0.2) is 32.0 Å². The Morgan fingerprint density at radius 2 is 1.95 bits per heavy atom. The third kappa shape index (κ3) is 3.76. The lowest BCUT2D eigenvalue weighted by Crippen LogP contribution is -2.30. The number of amides is 1. The van der Waals surface area contributed by atoms with Crippen LogP contribution in [0.4, 0.5) is 0 Å². The minimum absolute atomic E-state index is 0.164. The van der Waals surface area contributed by atoms with Crippen molar-refractivity contribution in [2.75, 3.05) is 6.61 Å². The molecule has 0 unspecified atom stereocenters. The molecule has 0 bridgehead atoms. The fraction of sp³-hybridized carbons (Fsp3) is 0.273. The number of carbonyl (C=O) groups excluding carboxylic acids is 1. The van der Waals surface area contributed by atoms with Gasteiger partial charge in [0, 0.05) is 0 Å². The molecule has 8 nitrogen and oxygen atoms in total. The van der Waals surface area contributed by atoms with E-state index in [0.29, 0.717) is 11.1 Å². The van der Waals surface area contributed by atoms with Gasteiger partial charge in [-0.3, -0.25) is 9.63 Å². The summed E-state index contributed by atoms with van der Waals surface area (Å²) in [6.07, 6.45) is 0. The Balaban J connectivity index is 3.17. The number of rotatable bonds is 6. The number of primary amides is 1. The minimum atomic E-state index is -4.11. The Labute approximate surface area is 115 Å². The number of nitrogens with one attached hydrogen (secondary N) is 1. The van der Waals surface area contributed by atoms with Crippen LogP contribution < -0.4 is 10.6 Å². The topological polar surface area (TPSA) is 136 Å². The zero-order chi connectivity index (χ0) is 15.5. The van der Waals surface area contributed by atoms with E-state index in [-0.39, 0.29) is 10.5 Å². The van der Waals surface area contributed by atoms with Gasteiger partial charge < -0.3 is 10.8 Å². The summed E-state index contributed by atoms with van der Waals surface area (Å²) in [5, 5.41) is 8.93. The SMILES string of the molecule is Cc1cc(C(=O)O)cc(S(=O)(=O)NOCC(N)=O)c1C. The molecular weight excluding hydrogens is 288 g/mol. The van der Waals surface area contributed by atoms with E-state index in [1.807, 2.05) is 0 Å². The smallest absolute Gasteiger partial charge is 0.335 e. The first-order chi connectivity index (χ1) is 9.15. The van der Waals surface area contributed by atoms with E-state index in [1.54, 1.807) is 11.8 Å². The Morgan fingerprint density at radius 3 is 2.45 bits per heavy atom. The fourth-order valence-corrected chi connectivity index (χ4v) is 2.60. The van der Waals surface area contributed by atoms with Crippen LogP contribution in [0.2, 0.25) is 0 Å². The maximum Gasteiger partial charge on any atom is 0.335 e. The number of benzene rings is 1. The van der Waals surface area contributed by atoms with Gasteiger partial charge in [0.2, 0.25) is 5.91 Å². The number of carboxylic acids is 1. The standard InChI is InChI=1S/C11H14N2O6S/c1-6-3-8(11(15)16)4-9(7(6)2)20(17,18)13-19-5-10(12)14/h3-4,13H,5H2,1-2H3,(H2,12,14)(H,15,16). The van der Waals surface area contributed by atoms with Crippen molar-refractivity contribution in [1.29, 1.82) is 0 Å². The monoisotopic (exact) mass is 302 g/mol. The molecule has 0 aliphatic carbocycles. The van der Waals surface area contributed by atoms with Gasteiger partial charge in [-0.15, -0.1) is 0 Å². The number of hydrogen-bond acceptors (Lipinski definition) is 5. The Hall–Kier alpha value is -1.97. The van der Waals surface area contributed by atoms with Crippen LogP contribution in [0.1, 0.15) is 21.5 Å². The molecule has 0 radical (unpaired) electrons. The van der Waals surface area contributed by atoms with E-state index in [1.165, 1.54) is 13.0 Å². The molecule has 1 aromatic carbocycles. The highest BCUT2D eigenvalue weighted by molar-refractivity contribution is 7.89. The molecule has 0 heterocycles. The average molecular weight is 302 g/mol. The van der Waals surface area contributed by atoms with E-state index < -0.39 is 28.5 Å². The maximum absolute atomic E-state index is 12.0. The van der Waals surface area contributed by atoms with Crippen molar-refractivity contribution in [3.05, 3.63) is 28.8 Å². The van der Waals surface area contributed by atoms with E-state index in [0.717, 1.165) is 6.07 Å². The average Bonchev–Trinajstić information content (AvgIpc) is 2.31. The third-order valence-corrected chi connectivity index (χ3v) is 3.88. The van der Waals surface area contributed by atoms with Crippen molar-refractivity contribution in [2.45, 2.75) is 18.7 Å². The van der Waals surface area contributed by atoms with Gasteiger partial charge in [-0.25, -0.2) is 13.2 Å². The molecule has 0 aromatic heterocycles. The summed E-state index contributed by atoms with van der Waals surface area (Å²) in [4.78, 5) is 27.3. The fourth-order valence-electron chi connectivity index (χ4n) is 1.45. The van der Waals surface area contributed by atoms with Gasteiger partial charge in [0.05, 0.1) is 10.5 Å². The molecule has 4 N–H and O–H groups in total. The maximum atomic E-state index is 12.0. The summed E-state index contributed by atoms with van der Waals surface area (Å²) in [6, 6.07) is 2.38. The van der Waals surface area contributed by atoms with Crippen molar-refractivity contribution in [2.24, 2.45) is 5.73 Å². The molecule has 0 saturated heterocycles. The van der Waals surface area contributed by atoms with Crippen LogP contribution in [0.25, 0.3) is 0 Å². The van der Waals surface area contributed by atoms with Gasteiger partial charge in [-0.2, -0.15) is 0 Å². The van der Waals surface area contributed by atoms with Gasteiger partial charge in [0.1, 0.15) is 6.61 Å². The zero-order valence-electron chi connectivity index (χ0n) is 10.8. The predicted molar refractivity (Wildman–Crippen MR) is 68.3 cm³/mol. The van der Waals surface area contributed by atoms with E-state index in [9.17, 15) is 18.0 Å². The number of sulfonamides is 1. The molecule has 20 heavy (non-hydrogen) atoms. The van der Waals surface area contributed by atoms with Crippen LogP contribution in [0.3, 0.4) is 0 Å². The third-order valence-electron chi connectivity index (χ3n) is 2.54. The number of aryl methyl sites for hydroxylation is 1. The Morgan fingerprint density at radius 1 is 1.35 bits per heavy atom. The van der Waals surface area contributed by atoms with E-state index >= 15 is 0 Å². The molecule has 0 atom stereocenters. The molecule has 9 heteroatoms. The van der Waals surface area contributed by atoms with Crippen molar-refractivity contribution < 1.29 is 28.0 Å². The molecule has 0 saturated carbocycles. The van der Waals surface area contributed by atoms with Crippen LogP contribution in [0.15, 0.2) is 17.0 Å². The first-order valence-electron chi connectivity index (χ1n) is 5.41. The minimum Gasteiger partial charge on any atom is -0.478 e. The van der Waals surface area contributed by atoms with Crippen LogP contribution in [0.5, 0.6) is 0 Å². The normalized spacial score (nSPS) is 11.3. The number of aromatic carboxylic acids is 1. The van der Waals surface area contributed by atoms with E-state index in [4.69, 9.17) is 10.8 Å². The highest BCUT2D eigenvalue weighted by Crippen LogP contribution is 2.21. The Kier molecular flexibility index (Phi) is 4.82. The van der Waals surface area contributed by atoms with Crippen LogP contribution in [0, 0.1) is 13.8 Å². The highest BCUT2D eigenvalue weighted by Gasteiger charge is 2.21. The molecular formula is C11H14N2O6S. The van der Waals surface area contributed by atoms with Gasteiger partial charge in [-0.1, -0.05) is 4.89 Å². The summed E-state index contributed by atoms with van der Waals surface area (Å²) in [5.74, 6) is -2.09. The van der Waals surface area contributed by atoms with Crippen LogP contribution in [-0.2, 0) is 19.7 Å². The predicted octanol–water partition coefficient (Wildman–Crippen LogP) is -0.303. The van der Waals surface area contributed by atoms with Crippen LogP contribution >= 0.6 is 0 Å². The molecule has 110 valence electrons. The largest absolute Gasteiger partial charge is 0.478 e.